The number of hydrogen-bond acceptors (Lipinski definition) is 4. The number of nitrogens with zero attached hydrogens (tertiary/aromatic N) is 2. The SMILES string of the molecule is CCCOC(=O)n1cc(-c2ccoc2)c(C(F)(F)F)n1. The number of aromatic nitrogens is 2. The van der Waals surface area contributed by atoms with E-state index in [4.69, 9.17) is 9.15 Å². The van der Waals surface area contributed by atoms with Crippen molar-refractivity contribution < 1.29 is 27.1 Å². The first-order valence-corrected chi connectivity index (χ1v) is 5.80. The predicted molar refractivity (Wildman–Crippen MR) is 62.0 cm³/mol. The highest BCUT2D eigenvalue weighted by Crippen LogP contribution is 2.36. The maximum Gasteiger partial charge on any atom is 0.435 e. The van der Waals surface area contributed by atoms with Gasteiger partial charge in [0.2, 0.25) is 0 Å². The van der Waals surface area contributed by atoms with E-state index in [9.17, 15) is 18.0 Å². The minimum atomic E-state index is -4.68. The van der Waals surface area contributed by atoms with Crippen LogP contribution in [-0.4, -0.2) is 22.5 Å². The van der Waals surface area contributed by atoms with Crippen molar-refractivity contribution in [1.82, 2.24) is 9.78 Å². The molecule has 20 heavy (non-hydrogen) atoms. The van der Waals surface area contributed by atoms with E-state index < -0.39 is 18.0 Å². The Hall–Kier alpha value is -2.25. The summed E-state index contributed by atoms with van der Waals surface area (Å²) < 4.78 is 48.8. The summed E-state index contributed by atoms with van der Waals surface area (Å²) in [7, 11) is 0. The number of furan rings is 1. The maximum atomic E-state index is 12.9. The van der Waals surface area contributed by atoms with E-state index in [2.05, 4.69) is 5.10 Å². The normalized spacial score (nSPS) is 11.6. The highest BCUT2D eigenvalue weighted by Gasteiger charge is 2.38. The molecule has 0 saturated carbocycles. The topological polar surface area (TPSA) is 57.3 Å². The van der Waals surface area contributed by atoms with Crippen LogP contribution in [0.4, 0.5) is 18.0 Å². The molecule has 0 bridgehead atoms. The molecule has 2 heterocycles. The van der Waals surface area contributed by atoms with Gasteiger partial charge >= 0.3 is 12.3 Å². The summed E-state index contributed by atoms with van der Waals surface area (Å²) in [4.78, 5) is 11.6. The summed E-state index contributed by atoms with van der Waals surface area (Å²) >= 11 is 0. The molecule has 2 aromatic heterocycles. The first kappa shape index (κ1) is 14.2. The third-order valence-corrected chi connectivity index (χ3v) is 2.43. The number of rotatable bonds is 3. The maximum absolute atomic E-state index is 12.9. The number of hydrogen-bond donors (Lipinski definition) is 0. The molecule has 0 amide bonds. The quantitative estimate of drug-likeness (QED) is 0.866. The lowest BCUT2D eigenvalue weighted by atomic mass is 10.1. The Bertz CT molecular complexity index is 588. The van der Waals surface area contributed by atoms with Crippen LogP contribution >= 0.6 is 0 Å². The fourth-order valence-corrected chi connectivity index (χ4v) is 1.56. The molecular weight excluding hydrogens is 277 g/mol. The van der Waals surface area contributed by atoms with Gasteiger partial charge in [0.05, 0.1) is 19.1 Å². The van der Waals surface area contributed by atoms with Gasteiger partial charge in [0.1, 0.15) is 0 Å². The second-order valence-corrected chi connectivity index (χ2v) is 3.96. The number of carbonyl (C=O) groups excluding carboxylic acids is 1. The molecule has 0 unspecified atom stereocenters. The van der Waals surface area contributed by atoms with E-state index in [0.717, 1.165) is 12.5 Å². The smallest absolute Gasteiger partial charge is 0.435 e. The third-order valence-electron chi connectivity index (χ3n) is 2.43. The first-order chi connectivity index (χ1) is 9.43. The summed E-state index contributed by atoms with van der Waals surface area (Å²) in [5.74, 6) is 0. The lowest BCUT2D eigenvalue weighted by molar-refractivity contribution is -0.140. The number of alkyl halides is 3. The first-order valence-electron chi connectivity index (χ1n) is 5.80. The van der Waals surface area contributed by atoms with Gasteiger partial charge in [-0.1, -0.05) is 6.92 Å². The van der Waals surface area contributed by atoms with Crippen molar-refractivity contribution in [2.45, 2.75) is 19.5 Å². The molecule has 0 spiro atoms. The van der Waals surface area contributed by atoms with Gasteiger partial charge in [-0.05, 0) is 12.5 Å². The highest BCUT2D eigenvalue weighted by molar-refractivity contribution is 5.73. The molecule has 0 fully saturated rings. The number of carbonyl (C=O) groups is 1. The Kier molecular flexibility index (Phi) is 3.82. The second-order valence-electron chi connectivity index (χ2n) is 3.96. The molecule has 0 saturated heterocycles. The van der Waals surface area contributed by atoms with Gasteiger partial charge in [-0.15, -0.1) is 0 Å². The fourth-order valence-electron chi connectivity index (χ4n) is 1.56. The van der Waals surface area contributed by atoms with Crippen molar-refractivity contribution >= 4 is 6.09 Å². The highest BCUT2D eigenvalue weighted by atomic mass is 19.4. The third kappa shape index (κ3) is 2.84. The van der Waals surface area contributed by atoms with Crippen LogP contribution < -0.4 is 0 Å². The van der Waals surface area contributed by atoms with Crippen molar-refractivity contribution in [3.8, 4) is 11.1 Å². The monoisotopic (exact) mass is 288 g/mol. The number of ether oxygens (including phenoxy) is 1. The average molecular weight is 288 g/mol. The molecule has 0 N–H and O–H groups in total. The van der Waals surface area contributed by atoms with E-state index in [1.165, 1.54) is 12.3 Å². The molecule has 0 atom stereocenters. The second kappa shape index (κ2) is 5.40. The van der Waals surface area contributed by atoms with Gasteiger partial charge in [-0.2, -0.15) is 23.0 Å². The Morgan fingerprint density at radius 2 is 2.25 bits per heavy atom. The molecule has 0 aliphatic carbocycles. The van der Waals surface area contributed by atoms with E-state index >= 15 is 0 Å². The van der Waals surface area contributed by atoms with Crippen LogP contribution in [-0.2, 0) is 10.9 Å². The molecule has 2 rings (SSSR count). The van der Waals surface area contributed by atoms with E-state index in [1.54, 1.807) is 6.92 Å². The minimum Gasteiger partial charge on any atom is -0.472 e. The van der Waals surface area contributed by atoms with Crippen molar-refractivity contribution in [3.05, 3.63) is 30.5 Å². The summed E-state index contributed by atoms with van der Waals surface area (Å²) in [6.45, 7) is 1.88. The Labute approximate surface area is 111 Å². The van der Waals surface area contributed by atoms with Crippen LogP contribution in [0.25, 0.3) is 11.1 Å². The zero-order valence-electron chi connectivity index (χ0n) is 10.5. The lowest BCUT2D eigenvalue weighted by Crippen LogP contribution is -2.16. The van der Waals surface area contributed by atoms with E-state index in [1.807, 2.05) is 0 Å². The Morgan fingerprint density at radius 3 is 2.80 bits per heavy atom. The van der Waals surface area contributed by atoms with E-state index in [0.29, 0.717) is 11.1 Å². The van der Waals surface area contributed by atoms with Gasteiger partial charge in [0, 0.05) is 17.3 Å². The van der Waals surface area contributed by atoms with Gasteiger partial charge in [-0.3, -0.25) is 0 Å². The molecule has 0 radical (unpaired) electrons. The summed E-state index contributed by atoms with van der Waals surface area (Å²) in [6, 6.07) is 1.36. The molecule has 5 nitrogen and oxygen atoms in total. The van der Waals surface area contributed by atoms with Gasteiger partial charge in [0.25, 0.3) is 0 Å². The van der Waals surface area contributed by atoms with Crippen molar-refractivity contribution in [1.29, 1.82) is 0 Å². The van der Waals surface area contributed by atoms with Gasteiger partial charge < -0.3 is 9.15 Å². The van der Waals surface area contributed by atoms with Crippen molar-refractivity contribution in [2.24, 2.45) is 0 Å². The standard InChI is InChI=1S/C12H11F3N2O3/c1-2-4-20-11(18)17-6-9(8-3-5-19-7-8)10(16-17)12(13,14)15/h3,5-7H,2,4H2,1H3. The summed E-state index contributed by atoms with van der Waals surface area (Å²) in [5, 5.41) is 3.27. The minimum absolute atomic E-state index is 0.112. The molecule has 108 valence electrons. The van der Waals surface area contributed by atoms with Crippen LogP contribution in [0.15, 0.2) is 29.2 Å². The van der Waals surface area contributed by atoms with Crippen molar-refractivity contribution in [2.75, 3.05) is 6.61 Å². The molecule has 2 aromatic rings. The van der Waals surface area contributed by atoms with E-state index in [-0.39, 0.29) is 17.7 Å². The molecule has 0 aliphatic heterocycles. The van der Waals surface area contributed by atoms with Gasteiger partial charge in [0.15, 0.2) is 5.69 Å². The fraction of sp³-hybridized carbons (Fsp3) is 0.333. The zero-order valence-corrected chi connectivity index (χ0v) is 10.5. The molecule has 0 aliphatic rings. The van der Waals surface area contributed by atoms with Gasteiger partial charge in [-0.25, -0.2) is 4.79 Å². The predicted octanol–water partition coefficient (Wildman–Crippen LogP) is 3.56. The zero-order chi connectivity index (χ0) is 14.8. The van der Waals surface area contributed by atoms with Crippen molar-refractivity contribution in [3.63, 3.8) is 0 Å². The number of halogens is 3. The van der Waals surface area contributed by atoms with Crippen LogP contribution in [0.1, 0.15) is 19.0 Å². The molecular formula is C12H11F3N2O3. The lowest BCUT2D eigenvalue weighted by Gasteiger charge is -2.04. The summed E-state index contributed by atoms with van der Waals surface area (Å²) in [6.07, 6.45) is -1.70. The van der Waals surface area contributed by atoms with Crippen LogP contribution in [0.3, 0.4) is 0 Å². The molecule has 0 aromatic carbocycles. The summed E-state index contributed by atoms with van der Waals surface area (Å²) in [5.41, 5.74) is -1.21. The largest absolute Gasteiger partial charge is 0.472 e. The van der Waals surface area contributed by atoms with Crippen LogP contribution in [0.2, 0.25) is 0 Å². The van der Waals surface area contributed by atoms with Crippen LogP contribution in [0, 0.1) is 0 Å². The average Bonchev–Trinajstić information content (AvgIpc) is 3.02. The molecule has 8 heteroatoms. The van der Waals surface area contributed by atoms with Crippen LogP contribution in [0.5, 0.6) is 0 Å². The Balaban J connectivity index is 2.40. The Morgan fingerprint density at radius 1 is 1.50 bits per heavy atom.